The number of carbonyl (C=O) groups is 1. The smallest absolute Gasteiger partial charge is 0.262 e. The number of anilines is 1. The van der Waals surface area contributed by atoms with E-state index in [0.29, 0.717) is 0 Å². The van der Waals surface area contributed by atoms with Gasteiger partial charge in [-0.2, -0.15) is 0 Å². The average molecular weight is 348 g/mol. The lowest BCUT2D eigenvalue weighted by Gasteiger charge is -2.10. The molecule has 0 fully saturated rings. The second-order valence-corrected chi connectivity index (χ2v) is 5.92. The van der Waals surface area contributed by atoms with Crippen LogP contribution in [0.4, 0.5) is 5.69 Å². The Morgan fingerprint density at radius 2 is 1.86 bits per heavy atom. The largest absolute Gasteiger partial charge is 0.483 e. The van der Waals surface area contributed by atoms with Gasteiger partial charge in [-0.25, -0.2) is 0 Å². The summed E-state index contributed by atoms with van der Waals surface area (Å²) >= 11 is 3.43. The van der Waals surface area contributed by atoms with E-state index in [-0.39, 0.29) is 12.5 Å². The van der Waals surface area contributed by atoms with Gasteiger partial charge in [0.05, 0.1) is 0 Å². The molecule has 0 saturated heterocycles. The summed E-state index contributed by atoms with van der Waals surface area (Å²) in [5.41, 5.74) is 4.05. The molecule has 0 atom stereocenters. The fraction of sp³-hybridized carbons (Fsp3) is 0.235. The van der Waals surface area contributed by atoms with Crippen molar-refractivity contribution >= 4 is 27.5 Å². The van der Waals surface area contributed by atoms with Gasteiger partial charge in [-0.1, -0.05) is 33.6 Å². The molecule has 3 nitrogen and oxygen atoms in total. The summed E-state index contributed by atoms with van der Waals surface area (Å²) < 4.78 is 6.58. The number of hydrogen-bond acceptors (Lipinski definition) is 2. The van der Waals surface area contributed by atoms with Crippen molar-refractivity contribution < 1.29 is 9.53 Å². The second-order valence-electron chi connectivity index (χ2n) is 5.07. The predicted octanol–water partition coefficient (Wildman–Crippen LogP) is 4.39. The Labute approximate surface area is 133 Å². The number of halogens is 1. The minimum absolute atomic E-state index is 0.000980. The number of amides is 1. The highest BCUT2D eigenvalue weighted by Gasteiger charge is 2.06. The van der Waals surface area contributed by atoms with E-state index in [9.17, 15) is 4.79 Å². The van der Waals surface area contributed by atoms with Crippen LogP contribution in [0.15, 0.2) is 40.9 Å². The maximum absolute atomic E-state index is 11.9. The summed E-state index contributed by atoms with van der Waals surface area (Å²) in [4.78, 5) is 11.9. The van der Waals surface area contributed by atoms with Crippen LogP contribution in [-0.4, -0.2) is 12.5 Å². The van der Waals surface area contributed by atoms with Gasteiger partial charge in [-0.15, -0.1) is 0 Å². The Morgan fingerprint density at radius 1 is 1.10 bits per heavy atom. The van der Waals surface area contributed by atoms with Crippen molar-refractivity contribution in [3.05, 3.63) is 57.6 Å². The van der Waals surface area contributed by atoms with E-state index >= 15 is 0 Å². The van der Waals surface area contributed by atoms with Crippen molar-refractivity contribution in [3.8, 4) is 5.75 Å². The molecule has 0 aliphatic heterocycles. The van der Waals surface area contributed by atoms with E-state index in [2.05, 4.69) is 21.2 Å². The summed E-state index contributed by atoms with van der Waals surface area (Å²) in [5, 5.41) is 2.83. The third-order valence-electron chi connectivity index (χ3n) is 3.13. The van der Waals surface area contributed by atoms with E-state index in [4.69, 9.17) is 4.74 Å². The van der Waals surface area contributed by atoms with Crippen LogP contribution < -0.4 is 10.1 Å². The summed E-state index contributed by atoms with van der Waals surface area (Å²) in [6.07, 6.45) is 0. The van der Waals surface area contributed by atoms with E-state index in [1.165, 1.54) is 5.56 Å². The number of rotatable bonds is 4. The molecule has 2 aromatic rings. The molecule has 0 aliphatic carbocycles. The summed E-state index contributed by atoms with van der Waals surface area (Å²) in [5.74, 6) is 0.569. The lowest BCUT2D eigenvalue weighted by molar-refractivity contribution is -0.118. The maximum Gasteiger partial charge on any atom is 0.262 e. The molecule has 0 bridgehead atoms. The molecule has 0 unspecified atom stereocenters. The van der Waals surface area contributed by atoms with Crippen LogP contribution in [0.2, 0.25) is 0 Å². The first-order chi connectivity index (χ1) is 9.95. The first-order valence-corrected chi connectivity index (χ1v) is 7.51. The Bertz CT molecular complexity index is 668. The van der Waals surface area contributed by atoms with Crippen molar-refractivity contribution in [3.63, 3.8) is 0 Å². The van der Waals surface area contributed by atoms with Gasteiger partial charge < -0.3 is 10.1 Å². The molecule has 2 aromatic carbocycles. The van der Waals surface area contributed by atoms with E-state index in [0.717, 1.165) is 27.0 Å². The summed E-state index contributed by atoms with van der Waals surface area (Å²) in [7, 11) is 0. The molecule has 1 amide bonds. The molecule has 0 heterocycles. The van der Waals surface area contributed by atoms with Crippen molar-refractivity contribution in [1.82, 2.24) is 0 Å². The highest BCUT2D eigenvalue weighted by Crippen LogP contribution is 2.21. The minimum atomic E-state index is -0.170. The van der Waals surface area contributed by atoms with Gasteiger partial charge >= 0.3 is 0 Å². The van der Waals surface area contributed by atoms with Gasteiger partial charge in [-0.3, -0.25) is 4.79 Å². The van der Waals surface area contributed by atoms with Crippen LogP contribution in [-0.2, 0) is 4.79 Å². The SMILES string of the molecule is Cc1ccc(OCC(=O)Nc2ccc(Br)c(C)c2)c(C)c1. The number of carbonyl (C=O) groups excluding carboxylic acids is 1. The van der Waals surface area contributed by atoms with Gasteiger partial charge in [0.25, 0.3) is 5.91 Å². The summed E-state index contributed by atoms with van der Waals surface area (Å²) in [6, 6.07) is 11.6. The highest BCUT2D eigenvalue weighted by atomic mass is 79.9. The molecule has 21 heavy (non-hydrogen) atoms. The molecule has 0 aromatic heterocycles. The van der Waals surface area contributed by atoms with E-state index < -0.39 is 0 Å². The van der Waals surface area contributed by atoms with Gasteiger partial charge in [-0.05, 0) is 56.2 Å². The molecule has 4 heteroatoms. The molecular weight excluding hydrogens is 330 g/mol. The fourth-order valence-electron chi connectivity index (χ4n) is 2.02. The van der Waals surface area contributed by atoms with Crippen molar-refractivity contribution in [2.24, 2.45) is 0 Å². The first-order valence-electron chi connectivity index (χ1n) is 6.72. The van der Waals surface area contributed by atoms with Gasteiger partial charge in [0.1, 0.15) is 5.75 Å². The zero-order valence-electron chi connectivity index (χ0n) is 12.4. The van der Waals surface area contributed by atoms with Crippen LogP contribution in [0.3, 0.4) is 0 Å². The molecule has 0 radical (unpaired) electrons. The Kier molecular flexibility index (Phi) is 5.02. The number of nitrogens with one attached hydrogen (secondary N) is 1. The van der Waals surface area contributed by atoms with Crippen molar-refractivity contribution in [2.75, 3.05) is 11.9 Å². The van der Waals surface area contributed by atoms with Crippen LogP contribution in [0.25, 0.3) is 0 Å². The topological polar surface area (TPSA) is 38.3 Å². The van der Waals surface area contributed by atoms with E-state index in [1.807, 2.05) is 57.2 Å². The van der Waals surface area contributed by atoms with Crippen LogP contribution in [0, 0.1) is 20.8 Å². The van der Waals surface area contributed by atoms with Gasteiger partial charge in [0.2, 0.25) is 0 Å². The molecule has 0 aliphatic rings. The molecule has 0 spiro atoms. The molecule has 0 saturated carbocycles. The van der Waals surface area contributed by atoms with Crippen molar-refractivity contribution in [1.29, 1.82) is 0 Å². The molecule has 110 valence electrons. The van der Waals surface area contributed by atoms with Crippen LogP contribution in [0.5, 0.6) is 5.75 Å². The van der Waals surface area contributed by atoms with Crippen molar-refractivity contribution in [2.45, 2.75) is 20.8 Å². The number of hydrogen-bond donors (Lipinski definition) is 1. The second kappa shape index (κ2) is 6.76. The fourth-order valence-corrected chi connectivity index (χ4v) is 2.27. The Morgan fingerprint density at radius 3 is 2.52 bits per heavy atom. The predicted molar refractivity (Wildman–Crippen MR) is 88.9 cm³/mol. The lowest BCUT2D eigenvalue weighted by Crippen LogP contribution is -2.20. The van der Waals surface area contributed by atoms with E-state index in [1.54, 1.807) is 0 Å². The highest BCUT2D eigenvalue weighted by molar-refractivity contribution is 9.10. The standard InChI is InChI=1S/C17H18BrNO2/c1-11-4-7-16(13(3)8-11)21-10-17(20)19-14-5-6-15(18)12(2)9-14/h4-9H,10H2,1-3H3,(H,19,20). The van der Waals surface area contributed by atoms with Gasteiger partial charge in [0, 0.05) is 10.2 Å². The average Bonchev–Trinajstić information content (AvgIpc) is 2.42. The third-order valence-corrected chi connectivity index (χ3v) is 4.02. The van der Waals surface area contributed by atoms with Crippen LogP contribution >= 0.6 is 15.9 Å². The Balaban J connectivity index is 1.94. The third kappa shape index (κ3) is 4.33. The lowest BCUT2D eigenvalue weighted by atomic mass is 10.1. The van der Waals surface area contributed by atoms with Gasteiger partial charge in [0.15, 0.2) is 6.61 Å². The zero-order chi connectivity index (χ0) is 15.4. The normalized spacial score (nSPS) is 10.3. The van der Waals surface area contributed by atoms with Crippen LogP contribution in [0.1, 0.15) is 16.7 Å². The maximum atomic E-state index is 11.9. The number of ether oxygens (including phenoxy) is 1. The molecule has 2 rings (SSSR count). The number of benzene rings is 2. The monoisotopic (exact) mass is 347 g/mol. The molecule has 1 N–H and O–H groups in total. The Hall–Kier alpha value is -1.81. The minimum Gasteiger partial charge on any atom is -0.483 e. The molecular formula is C17H18BrNO2. The quantitative estimate of drug-likeness (QED) is 0.890. The number of aryl methyl sites for hydroxylation is 3. The zero-order valence-corrected chi connectivity index (χ0v) is 14.0. The summed E-state index contributed by atoms with van der Waals surface area (Å²) in [6.45, 7) is 5.97. The first kappa shape index (κ1) is 15.6.